The van der Waals surface area contributed by atoms with Gasteiger partial charge in [-0.15, -0.1) is 0 Å². The van der Waals surface area contributed by atoms with Crippen LogP contribution in [0.1, 0.15) is 13.8 Å². The van der Waals surface area contributed by atoms with Crippen LogP contribution in [0.3, 0.4) is 0 Å². The largest absolute Gasteiger partial charge is 0.466 e. The minimum atomic E-state index is -0.614. The highest BCUT2D eigenvalue weighted by Gasteiger charge is 2.09. The van der Waals surface area contributed by atoms with Crippen LogP contribution in [0.15, 0.2) is 11.8 Å². The van der Waals surface area contributed by atoms with Crippen LogP contribution >= 0.6 is 0 Å². The van der Waals surface area contributed by atoms with Gasteiger partial charge < -0.3 is 15.2 Å². The van der Waals surface area contributed by atoms with E-state index >= 15 is 0 Å². The van der Waals surface area contributed by atoms with Crippen molar-refractivity contribution in [3.8, 4) is 0 Å². The molecule has 0 saturated carbocycles. The maximum Gasteiger partial charge on any atom is 0.332 e. The van der Waals surface area contributed by atoms with Crippen molar-refractivity contribution in [2.24, 2.45) is 5.73 Å². The molecule has 0 aliphatic carbocycles. The molecule has 5 nitrogen and oxygen atoms in total. The molecular formula is C8H13NO4. The third kappa shape index (κ3) is 4.84. The second-order valence-corrected chi connectivity index (χ2v) is 2.42. The molecule has 0 spiro atoms. The van der Waals surface area contributed by atoms with Crippen molar-refractivity contribution in [2.75, 3.05) is 7.11 Å². The van der Waals surface area contributed by atoms with Gasteiger partial charge in [-0.1, -0.05) is 0 Å². The summed E-state index contributed by atoms with van der Waals surface area (Å²) in [5.41, 5.74) is 5.58. The number of rotatable bonds is 3. The van der Waals surface area contributed by atoms with E-state index in [0.717, 1.165) is 6.08 Å². The van der Waals surface area contributed by atoms with E-state index in [1.54, 1.807) is 6.92 Å². The summed E-state index contributed by atoms with van der Waals surface area (Å²) < 4.78 is 9.06. The maximum absolute atomic E-state index is 10.7. The molecule has 0 aliphatic rings. The molecule has 0 amide bonds. The molecule has 0 bridgehead atoms. The Morgan fingerprint density at radius 1 is 1.46 bits per heavy atom. The minimum absolute atomic E-state index is 0.155. The summed E-state index contributed by atoms with van der Waals surface area (Å²) in [7, 11) is 1.24. The fraction of sp³-hybridized carbons (Fsp3) is 0.500. The Balaban J connectivity index is 4.23. The molecule has 5 heteroatoms. The van der Waals surface area contributed by atoms with Gasteiger partial charge in [0.25, 0.3) is 0 Å². The van der Waals surface area contributed by atoms with Crippen LogP contribution in [0.4, 0.5) is 0 Å². The van der Waals surface area contributed by atoms with Crippen molar-refractivity contribution in [2.45, 2.75) is 20.0 Å². The van der Waals surface area contributed by atoms with Crippen molar-refractivity contribution in [1.82, 2.24) is 0 Å². The fourth-order valence-electron chi connectivity index (χ4n) is 0.629. The van der Waals surface area contributed by atoms with Gasteiger partial charge in [0.2, 0.25) is 0 Å². The first-order chi connectivity index (χ1) is 5.97. The summed E-state index contributed by atoms with van der Waals surface area (Å²) >= 11 is 0. The summed E-state index contributed by atoms with van der Waals surface area (Å²) in [5, 5.41) is 0. The number of carbonyl (C=O) groups is 2. The summed E-state index contributed by atoms with van der Waals surface area (Å²) in [6.07, 6.45) is 0.463. The molecule has 1 unspecified atom stereocenters. The maximum atomic E-state index is 10.7. The van der Waals surface area contributed by atoms with Crippen LogP contribution in [-0.2, 0) is 19.1 Å². The summed E-state index contributed by atoms with van der Waals surface area (Å²) in [5.74, 6) is -1.02. The molecule has 0 saturated heterocycles. The molecule has 0 rings (SSSR count). The van der Waals surface area contributed by atoms with Gasteiger partial charge >= 0.3 is 11.9 Å². The molecule has 2 N–H and O–H groups in total. The number of ether oxygens (including phenoxy) is 2. The zero-order valence-electron chi connectivity index (χ0n) is 7.87. The third-order valence-electron chi connectivity index (χ3n) is 1.30. The first-order valence-corrected chi connectivity index (χ1v) is 3.69. The average Bonchev–Trinajstić information content (AvgIpc) is 2.02. The quantitative estimate of drug-likeness (QED) is 0.495. The normalized spacial score (nSPS) is 13.3. The van der Waals surface area contributed by atoms with Crippen LogP contribution in [0.2, 0.25) is 0 Å². The lowest BCUT2D eigenvalue weighted by atomic mass is 10.3. The van der Waals surface area contributed by atoms with Gasteiger partial charge in [0.1, 0.15) is 6.10 Å². The van der Waals surface area contributed by atoms with Gasteiger partial charge in [0.15, 0.2) is 0 Å². The van der Waals surface area contributed by atoms with Crippen LogP contribution in [0, 0.1) is 0 Å². The highest BCUT2D eigenvalue weighted by molar-refractivity contribution is 5.82. The highest BCUT2D eigenvalue weighted by atomic mass is 16.5. The molecular weight excluding hydrogens is 174 g/mol. The topological polar surface area (TPSA) is 78.6 Å². The Kier molecular flexibility index (Phi) is 4.58. The second-order valence-electron chi connectivity index (χ2n) is 2.42. The number of nitrogens with two attached hydrogens (primary N) is 1. The standard InChI is InChI=1S/C8H13NO4/c1-5(13-6(2)10)7(9)4-8(11)12-3/h4-5H,9H2,1-3H3/b7-4-. The first kappa shape index (κ1) is 11.5. The smallest absolute Gasteiger partial charge is 0.332 e. The molecule has 0 heterocycles. The van der Waals surface area contributed by atoms with Crippen molar-refractivity contribution >= 4 is 11.9 Å². The van der Waals surface area contributed by atoms with Gasteiger partial charge in [0.05, 0.1) is 12.8 Å². The molecule has 74 valence electrons. The lowest BCUT2D eigenvalue weighted by Gasteiger charge is -2.11. The summed E-state index contributed by atoms with van der Waals surface area (Å²) in [6, 6.07) is 0. The molecule has 0 radical (unpaired) electrons. The van der Waals surface area contributed by atoms with Crippen molar-refractivity contribution in [3.63, 3.8) is 0 Å². The number of hydrogen-bond donors (Lipinski definition) is 1. The Hall–Kier alpha value is -1.52. The Labute approximate surface area is 76.5 Å². The minimum Gasteiger partial charge on any atom is -0.466 e. The van der Waals surface area contributed by atoms with E-state index in [0.29, 0.717) is 0 Å². The highest BCUT2D eigenvalue weighted by Crippen LogP contribution is 2.00. The van der Waals surface area contributed by atoms with Crippen LogP contribution in [0.5, 0.6) is 0 Å². The number of carbonyl (C=O) groups excluding carboxylic acids is 2. The zero-order valence-corrected chi connectivity index (χ0v) is 7.87. The van der Waals surface area contributed by atoms with Crippen LogP contribution in [0.25, 0.3) is 0 Å². The Morgan fingerprint density at radius 2 is 2.00 bits per heavy atom. The molecule has 0 aromatic carbocycles. The van der Waals surface area contributed by atoms with E-state index in [9.17, 15) is 9.59 Å². The summed E-state index contributed by atoms with van der Waals surface area (Å²) in [4.78, 5) is 21.2. The van der Waals surface area contributed by atoms with E-state index in [-0.39, 0.29) is 5.70 Å². The lowest BCUT2D eigenvalue weighted by molar-refractivity contribution is -0.144. The van der Waals surface area contributed by atoms with Gasteiger partial charge in [-0.3, -0.25) is 4.79 Å². The van der Waals surface area contributed by atoms with Gasteiger partial charge in [-0.25, -0.2) is 4.79 Å². The predicted octanol–water partition coefficient (Wildman–Crippen LogP) is -0.0464. The van der Waals surface area contributed by atoms with Crippen molar-refractivity contribution < 1.29 is 19.1 Å². The molecule has 0 aromatic rings. The van der Waals surface area contributed by atoms with E-state index in [2.05, 4.69) is 4.74 Å². The van der Waals surface area contributed by atoms with Crippen LogP contribution < -0.4 is 5.73 Å². The molecule has 0 aromatic heterocycles. The second kappa shape index (κ2) is 5.18. The van der Waals surface area contributed by atoms with E-state index in [4.69, 9.17) is 10.5 Å². The Morgan fingerprint density at radius 3 is 2.38 bits per heavy atom. The number of hydrogen-bond acceptors (Lipinski definition) is 5. The van der Waals surface area contributed by atoms with E-state index in [1.807, 2.05) is 0 Å². The number of methoxy groups -OCH3 is 1. The third-order valence-corrected chi connectivity index (χ3v) is 1.30. The number of esters is 2. The van der Waals surface area contributed by atoms with Gasteiger partial charge in [0, 0.05) is 13.0 Å². The summed E-state index contributed by atoms with van der Waals surface area (Å²) in [6.45, 7) is 2.83. The van der Waals surface area contributed by atoms with E-state index < -0.39 is 18.0 Å². The SMILES string of the molecule is COC(=O)/C=C(\N)C(C)OC(C)=O. The van der Waals surface area contributed by atoms with Gasteiger partial charge in [-0.05, 0) is 6.92 Å². The van der Waals surface area contributed by atoms with Crippen molar-refractivity contribution in [1.29, 1.82) is 0 Å². The average molecular weight is 187 g/mol. The van der Waals surface area contributed by atoms with Crippen molar-refractivity contribution in [3.05, 3.63) is 11.8 Å². The lowest BCUT2D eigenvalue weighted by Crippen LogP contribution is -2.21. The molecule has 13 heavy (non-hydrogen) atoms. The fourth-order valence-corrected chi connectivity index (χ4v) is 0.629. The van der Waals surface area contributed by atoms with Crippen LogP contribution in [-0.4, -0.2) is 25.2 Å². The van der Waals surface area contributed by atoms with Gasteiger partial charge in [-0.2, -0.15) is 0 Å². The predicted molar refractivity (Wildman–Crippen MR) is 45.5 cm³/mol. The molecule has 0 aliphatic heterocycles. The first-order valence-electron chi connectivity index (χ1n) is 3.69. The Bertz CT molecular complexity index is 234. The molecule has 1 atom stereocenters. The zero-order chi connectivity index (χ0) is 10.4. The monoisotopic (exact) mass is 187 g/mol. The van der Waals surface area contributed by atoms with E-state index in [1.165, 1.54) is 14.0 Å². The molecule has 0 fully saturated rings.